The molecule has 0 aliphatic carbocycles. The molecule has 6 rings (SSSR count). The van der Waals surface area contributed by atoms with Gasteiger partial charge in [0.2, 0.25) is 0 Å². The molecule has 0 amide bonds. The molecule has 0 unspecified atom stereocenters. The maximum absolute atomic E-state index is 10.6. The third-order valence-electron chi connectivity index (χ3n) is 8.30. The fourth-order valence-electron chi connectivity index (χ4n) is 5.36. The second-order valence-corrected chi connectivity index (χ2v) is 14.6. The first-order valence-corrected chi connectivity index (χ1v) is 20.3. The van der Waals surface area contributed by atoms with Crippen LogP contribution in [-0.4, -0.2) is 55.1 Å². The summed E-state index contributed by atoms with van der Waals surface area (Å²) in [6.45, 7) is 12.1. The van der Waals surface area contributed by atoms with Crippen molar-refractivity contribution in [2.75, 3.05) is 6.61 Å². The average Bonchev–Trinajstić information content (AvgIpc) is 3.71. The van der Waals surface area contributed by atoms with E-state index in [2.05, 4.69) is 40.1 Å². The van der Waals surface area contributed by atoms with Gasteiger partial charge in [-0.2, -0.15) is 0 Å². The summed E-state index contributed by atoms with van der Waals surface area (Å²) >= 11 is 1.63. The van der Waals surface area contributed by atoms with Gasteiger partial charge in [0.1, 0.15) is 28.6 Å². The number of carboxylic acid groups (broad SMARTS) is 1. The minimum absolute atomic E-state index is 0.152. The van der Waals surface area contributed by atoms with E-state index in [9.17, 15) is 24.3 Å². The number of ether oxygens (including phenoxy) is 1. The lowest BCUT2D eigenvalue weighted by molar-refractivity contribution is -0.137. The predicted octanol–water partition coefficient (Wildman–Crippen LogP) is 10.4. The molecule has 0 radical (unpaired) electrons. The van der Waals surface area contributed by atoms with Crippen molar-refractivity contribution in [2.24, 2.45) is 0 Å². The first kappa shape index (κ1) is 48.5. The number of rotatable bonds is 14. The van der Waals surface area contributed by atoms with Crippen LogP contribution in [0.2, 0.25) is 0 Å². The van der Waals surface area contributed by atoms with Crippen LogP contribution in [0.4, 0.5) is 0 Å². The molecule has 0 saturated heterocycles. The average molecular weight is 808 g/mol. The molecule has 0 spiro atoms. The Balaban J connectivity index is 0.000000253. The van der Waals surface area contributed by atoms with Crippen molar-refractivity contribution in [2.45, 2.75) is 99.5 Å². The number of carbonyl (C=O) groups excluding carboxylic acids is 3. The van der Waals surface area contributed by atoms with E-state index in [0.717, 1.165) is 59.3 Å². The molecule has 4 aromatic heterocycles. The van der Waals surface area contributed by atoms with Crippen LogP contribution >= 0.6 is 11.3 Å². The van der Waals surface area contributed by atoms with Crippen LogP contribution in [0.1, 0.15) is 93.5 Å². The molecule has 2 aromatic carbocycles. The smallest absolute Gasteiger partial charge is 0.303 e. The van der Waals surface area contributed by atoms with Crippen molar-refractivity contribution in [3.05, 3.63) is 130 Å². The van der Waals surface area contributed by atoms with E-state index in [1.807, 2.05) is 86.1 Å². The number of nitrogens with zero attached hydrogens (tertiary/aromatic N) is 3. The Morgan fingerprint density at radius 3 is 1.91 bits per heavy atom. The summed E-state index contributed by atoms with van der Waals surface area (Å²) in [6.07, 6.45) is 10.6. The van der Waals surface area contributed by atoms with E-state index in [1.54, 1.807) is 44.5 Å². The number of phenols is 1. The highest BCUT2D eigenvalue weighted by molar-refractivity contribution is 7.10. The summed E-state index contributed by atoms with van der Waals surface area (Å²) in [6, 6.07) is 25.4. The van der Waals surface area contributed by atoms with Crippen molar-refractivity contribution in [1.82, 2.24) is 15.0 Å². The number of carbonyl (C=O) groups is 4. The maximum Gasteiger partial charge on any atom is 0.303 e. The van der Waals surface area contributed by atoms with Gasteiger partial charge in [-0.05, 0) is 107 Å². The zero-order valence-corrected chi connectivity index (χ0v) is 35.4. The van der Waals surface area contributed by atoms with E-state index in [1.165, 1.54) is 16.5 Å². The summed E-state index contributed by atoms with van der Waals surface area (Å²) < 4.78 is 5.44. The van der Waals surface area contributed by atoms with Crippen LogP contribution in [0.3, 0.4) is 0 Å². The number of carboxylic acids is 1. The summed E-state index contributed by atoms with van der Waals surface area (Å²) in [5.41, 5.74) is 5.89. The number of aliphatic carboxylic acids is 1. The highest BCUT2D eigenvalue weighted by Gasteiger charge is 2.04. The lowest BCUT2D eigenvalue weighted by atomic mass is 10.1. The van der Waals surface area contributed by atoms with E-state index >= 15 is 0 Å². The Morgan fingerprint density at radius 2 is 1.31 bits per heavy atom. The highest BCUT2D eigenvalue weighted by atomic mass is 32.1. The van der Waals surface area contributed by atoms with Gasteiger partial charge in [-0.25, -0.2) is 0 Å². The topological polar surface area (TPSA) is 157 Å². The van der Waals surface area contributed by atoms with Crippen LogP contribution in [0.25, 0.3) is 21.8 Å². The Kier molecular flexibility index (Phi) is 23.3. The molecule has 11 heteroatoms. The summed E-state index contributed by atoms with van der Waals surface area (Å²) in [7, 11) is 0. The molecule has 10 nitrogen and oxygen atoms in total. The minimum Gasteiger partial charge on any atom is -0.505 e. The number of aromatic nitrogens is 3. The molecule has 0 fully saturated rings. The number of fused-ring (bicyclic) bond motifs is 2. The quantitative estimate of drug-likeness (QED) is 0.102. The number of hydrogen-bond acceptors (Lipinski definition) is 10. The third-order valence-corrected chi connectivity index (χ3v) is 9.18. The monoisotopic (exact) mass is 807 g/mol. The molecule has 0 aliphatic rings. The highest BCUT2D eigenvalue weighted by Crippen LogP contribution is 2.25. The molecular formula is C47H57N3O7S. The van der Waals surface area contributed by atoms with Gasteiger partial charge in [0, 0.05) is 72.2 Å². The van der Waals surface area contributed by atoms with Gasteiger partial charge in [-0.15, -0.1) is 11.3 Å². The number of aryl methyl sites for hydroxylation is 2. The zero-order valence-electron chi connectivity index (χ0n) is 34.6. The first-order valence-electron chi connectivity index (χ1n) is 19.4. The van der Waals surface area contributed by atoms with Crippen molar-refractivity contribution in [1.29, 1.82) is 0 Å². The van der Waals surface area contributed by atoms with Crippen molar-refractivity contribution < 1.29 is 34.1 Å². The molecule has 6 aromatic rings. The number of aromatic hydroxyl groups is 1. The predicted molar refractivity (Wildman–Crippen MR) is 233 cm³/mol. The molecule has 0 aliphatic heterocycles. The van der Waals surface area contributed by atoms with Gasteiger partial charge < -0.3 is 19.7 Å². The molecule has 4 heterocycles. The molecule has 2 N–H and O–H groups in total. The van der Waals surface area contributed by atoms with E-state index in [0.29, 0.717) is 31.4 Å². The van der Waals surface area contributed by atoms with Crippen molar-refractivity contribution >= 4 is 56.5 Å². The van der Waals surface area contributed by atoms with Crippen molar-refractivity contribution in [3.8, 4) is 5.75 Å². The second kappa shape index (κ2) is 27.9. The Bertz CT molecular complexity index is 2120. The fourth-order valence-corrected chi connectivity index (χ4v) is 6.14. The van der Waals surface area contributed by atoms with Gasteiger partial charge >= 0.3 is 5.97 Å². The number of unbranched alkanes of at least 4 members (excludes halogenated alkanes) is 3. The molecule has 0 atom stereocenters. The van der Waals surface area contributed by atoms with Gasteiger partial charge in [0.05, 0.1) is 12.1 Å². The second-order valence-electron chi connectivity index (χ2n) is 13.6. The van der Waals surface area contributed by atoms with Gasteiger partial charge in [-0.1, -0.05) is 61.4 Å². The Morgan fingerprint density at radius 1 is 0.655 bits per heavy atom. The number of pyridine rings is 3. The third kappa shape index (κ3) is 20.0. The summed E-state index contributed by atoms with van der Waals surface area (Å²) in [5, 5.41) is 22.1. The number of hydrogen-bond donors (Lipinski definition) is 2. The number of Topliss-reactive ketones (excluding diaryl/α,β-unsaturated/α-hetero) is 3. The molecule has 58 heavy (non-hydrogen) atoms. The normalized spacial score (nSPS) is 10.0. The lowest BCUT2D eigenvalue weighted by Crippen LogP contribution is -1.97. The summed E-state index contributed by atoms with van der Waals surface area (Å²) in [4.78, 5) is 55.3. The molecular weight excluding hydrogens is 751 g/mol. The standard InChI is InChI=1S/C13H15NO.C10H9NO.C9H16O3.C8H9NO.C7H8OS/c1-3-15-9-11-7-6-10(2)13-12(11)5-4-8-14-13;1-7-4-5-8-3-2-6-11-9(8)10(7)12;1-8(10)6-4-2-3-5-7-9(11)12;1-7(10)6-8-4-2-3-5-9-8;1-6(8)5-7-3-2-4-9-7/h4-8H,3,9H2,1-2H3;2-6,12H,1H3;2-7H2,1H3,(H,11,12);2-5H,6H2,1H3;2-4H,5H2,1H3. The number of ketones is 3. The van der Waals surface area contributed by atoms with Crippen LogP contribution in [0, 0.1) is 13.8 Å². The number of phenolic OH excluding ortho intramolecular Hbond substituents is 1. The van der Waals surface area contributed by atoms with Crippen molar-refractivity contribution in [3.63, 3.8) is 0 Å². The van der Waals surface area contributed by atoms with Crippen LogP contribution in [0.15, 0.2) is 103 Å². The van der Waals surface area contributed by atoms with E-state index in [-0.39, 0.29) is 29.5 Å². The first-order chi connectivity index (χ1) is 27.8. The molecule has 0 saturated carbocycles. The van der Waals surface area contributed by atoms with Crippen LogP contribution in [-0.2, 0) is 43.4 Å². The fraction of sp³-hybridized carbons (Fsp3) is 0.340. The van der Waals surface area contributed by atoms with Gasteiger partial charge in [-0.3, -0.25) is 29.3 Å². The zero-order chi connectivity index (χ0) is 42.7. The Labute approximate surface area is 346 Å². The lowest BCUT2D eigenvalue weighted by Gasteiger charge is -2.07. The minimum atomic E-state index is -0.735. The largest absolute Gasteiger partial charge is 0.505 e. The Hall–Kier alpha value is -5.65. The van der Waals surface area contributed by atoms with Crippen LogP contribution < -0.4 is 0 Å². The molecule has 0 bridgehead atoms. The van der Waals surface area contributed by atoms with Gasteiger partial charge in [0.15, 0.2) is 0 Å². The van der Waals surface area contributed by atoms with Crippen LogP contribution in [0.5, 0.6) is 5.75 Å². The summed E-state index contributed by atoms with van der Waals surface area (Å²) in [5.74, 6) is 0.152. The number of benzene rings is 2. The molecule has 308 valence electrons. The van der Waals surface area contributed by atoms with E-state index in [4.69, 9.17) is 9.84 Å². The van der Waals surface area contributed by atoms with Gasteiger partial charge in [0.25, 0.3) is 0 Å². The number of thiophene rings is 1. The van der Waals surface area contributed by atoms with E-state index < -0.39 is 5.97 Å². The maximum atomic E-state index is 10.6. The SMILES string of the molecule is CC(=O)CCCCCCC(=O)O.CC(=O)Cc1ccccn1.CC(=O)Cc1cccs1.CCOCc1ccc(C)c2ncccc12.Cc1ccc2cccnc2c1O.